The molecular weight excluding hydrogens is 342 g/mol. The quantitative estimate of drug-likeness (QED) is 0.459. The van der Waals surface area contributed by atoms with Gasteiger partial charge >= 0.3 is 5.97 Å². The first-order chi connectivity index (χ1) is 12.1. The summed E-state index contributed by atoms with van der Waals surface area (Å²) < 4.78 is 11.5. The number of anilines is 1. The molecule has 0 N–H and O–H groups in total. The van der Waals surface area contributed by atoms with Crippen LogP contribution in [-0.2, 0) is 19.1 Å². The minimum Gasteiger partial charge on any atom is -0.465 e. The number of benzene rings is 1. The first-order valence-electron chi connectivity index (χ1n) is 8.66. The van der Waals surface area contributed by atoms with Gasteiger partial charge in [-0.1, -0.05) is 43.2 Å². The molecule has 1 spiro atoms. The SMILES string of the molecule is CCCCOC(=O)C1C2C=CC3(CN(c4cccc(Cl)c4)C(=O)C13)O2. The number of nitrogens with zero attached hydrogens (tertiary/aromatic N) is 1. The van der Waals surface area contributed by atoms with Gasteiger partial charge in [0.15, 0.2) is 0 Å². The Balaban J connectivity index is 1.60. The average molecular weight is 362 g/mol. The fourth-order valence-corrected chi connectivity index (χ4v) is 4.23. The second kappa shape index (κ2) is 6.15. The van der Waals surface area contributed by atoms with Gasteiger partial charge in [0, 0.05) is 10.7 Å². The molecule has 3 aliphatic heterocycles. The van der Waals surface area contributed by atoms with E-state index in [4.69, 9.17) is 21.1 Å². The maximum atomic E-state index is 13.1. The smallest absolute Gasteiger partial charge is 0.312 e. The predicted octanol–water partition coefficient (Wildman–Crippen LogP) is 2.97. The maximum absolute atomic E-state index is 13.1. The molecule has 3 aliphatic rings. The zero-order chi connectivity index (χ0) is 17.6. The highest BCUT2D eigenvalue weighted by Crippen LogP contribution is 2.53. The third-order valence-electron chi connectivity index (χ3n) is 5.23. The van der Waals surface area contributed by atoms with E-state index in [0.29, 0.717) is 18.2 Å². The largest absolute Gasteiger partial charge is 0.465 e. The van der Waals surface area contributed by atoms with E-state index in [2.05, 4.69) is 0 Å². The summed E-state index contributed by atoms with van der Waals surface area (Å²) in [6.07, 6.45) is 5.22. The predicted molar refractivity (Wildman–Crippen MR) is 93.4 cm³/mol. The minimum atomic E-state index is -0.738. The molecule has 0 aromatic heterocycles. The molecule has 132 valence electrons. The Bertz CT molecular complexity index is 749. The van der Waals surface area contributed by atoms with Gasteiger partial charge in [0.05, 0.1) is 25.2 Å². The lowest BCUT2D eigenvalue weighted by molar-refractivity contribution is -0.152. The van der Waals surface area contributed by atoms with E-state index < -0.39 is 17.4 Å². The second-order valence-electron chi connectivity index (χ2n) is 6.83. The topological polar surface area (TPSA) is 55.8 Å². The van der Waals surface area contributed by atoms with Crippen LogP contribution >= 0.6 is 11.6 Å². The van der Waals surface area contributed by atoms with Crippen LogP contribution in [0.5, 0.6) is 0 Å². The van der Waals surface area contributed by atoms with Gasteiger partial charge in [-0.3, -0.25) is 9.59 Å². The molecule has 4 rings (SSSR count). The zero-order valence-corrected chi connectivity index (χ0v) is 14.7. The minimum absolute atomic E-state index is 0.105. The normalized spacial score (nSPS) is 32.3. The summed E-state index contributed by atoms with van der Waals surface area (Å²) in [5, 5.41) is 0.566. The molecule has 6 heteroatoms. The van der Waals surface area contributed by atoms with Crippen LogP contribution in [0.4, 0.5) is 5.69 Å². The number of amides is 1. The number of esters is 1. The van der Waals surface area contributed by atoms with Crippen molar-refractivity contribution in [2.24, 2.45) is 11.8 Å². The van der Waals surface area contributed by atoms with E-state index in [-0.39, 0.29) is 18.0 Å². The zero-order valence-electron chi connectivity index (χ0n) is 14.0. The molecule has 2 saturated heterocycles. The summed E-state index contributed by atoms with van der Waals surface area (Å²) in [5.41, 5.74) is -0.0155. The lowest BCUT2D eigenvalue weighted by atomic mass is 9.77. The van der Waals surface area contributed by atoms with E-state index in [9.17, 15) is 9.59 Å². The maximum Gasteiger partial charge on any atom is 0.312 e. The standard InChI is InChI=1S/C19H20ClNO4/c1-2-3-9-24-18(23)15-14-7-8-19(25-14)11-21(17(22)16(15)19)13-6-4-5-12(20)10-13/h4-8,10,14-16H,2-3,9,11H2,1H3. The van der Waals surface area contributed by atoms with Crippen molar-refractivity contribution in [2.75, 3.05) is 18.1 Å². The van der Waals surface area contributed by atoms with E-state index >= 15 is 0 Å². The van der Waals surface area contributed by atoms with Crippen molar-refractivity contribution >= 4 is 29.2 Å². The molecule has 0 radical (unpaired) electrons. The Morgan fingerprint density at radius 2 is 2.32 bits per heavy atom. The van der Waals surface area contributed by atoms with Crippen LogP contribution in [0.2, 0.25) is 5.02 Å². The van der Waals surface area contributed by atoms with Crippen LogP contribution < -0.4 is 4.90 Å². The van der Waals surface area contributed by atoms with Crippen LogP contribution in [0.25, 0.3) is 0 Å². The van der Waals surface area contributed by atoms with Gasteiger partial charge in [-0.05, 0) is 24.6 Å². The third kappa shape index (κ3) is 2.57. The molecule has 2 fully saturated rings. The number of carbonyl (C=O) groups excluding carboxylic acids is 2. The number of carbonyl (C=O) groups is 2. The molecule has 1 aromatic carbocycles. The first kappa shape index (κ1) is 16.6. The molecule has 5 nitrogen and oxygen atoms in total. The molecule has 1 amide bonds. The first-order valence-corrected chi connectivity index (χ1v) is 9.04. The molecule has 25 heavy (non-hydrogen) atoms. The average Bonchev–Trinajstić information content (AvgIpc) is 3.23. The van der Waals surface area contributed by atoms with Crippen molar-refractivity contribution in [1.29, 1.82) is 0 Å². The number of hydrogen-bond donors (Lipinski definition) is 0. The van der Waals surface area contributed by atoms with Crippen molar-refractivity contribution in [1.82, 2.24) is 0 Å². The van der Waals surface area contributed by atoms with Crippen molar-refractivity contribution in [3.63, 3.8) is 0 Å². The molecule has 1 aromatic rings. The van der Waals surface area contributed by atoms with Gasteiger partial charge in [0.25, 0.3) is 0 Å². The van der Waals surface area contributed by atoms with Gasteiger partial charge in [-0.15, -0.1) is 0 Å². The molecule has 4 unspecified atom stereocenters. The highest BCUT2D eigenvalue weighted by atomic mass is 35.5. The van der Waals surface area contributed by atoms with Gasteiger partial charge < -0.3 is 14.4 Å². The lowest BCUT2D eigenvalue weighted by Gasteiger charge is -2.22. The summed E-state index contributed by atoms with van der Waals surface area (Å²) in [5.74, 6) is -1.54. The Kier molecular flexibility index (Phi) is 4.08. The van der Waals surface area contributed by atoms with Gasteiger partial charge in [0.1, 0.15) is 11.5 Å². The third-order valence-corrected chi connectivity index (χ3v) is 5.47. The second-order valence-corrected chi connectivity index (χ2v) is 7.26. The summed E-state index contributed by atoms with van der Waals surface area (Å²) in [6.45, 7) is 2.81. The summed E-state index contributed by atoms with van der Waals surface area (Å²) >= 11 is 6.06. The van der Waals surface area contributed by atoms with Crippen LogP contribution in [0.15, 0.2) is 36.4 Å². The van der Waals surface area contributed by atoms with Crippen molar-refractivity contribution in [2.45, 2.75) is 31.5 Å². The summed E-state index contributed by atoms with van der Waals surface area (Å²) in [7, 11) is 0. The van der Waals surface area contributed by atoms with Gasteiger partial charge in [0.2, 0.25) is 5.91 Å². The Labute approximate surface area is 151 Å². The van der Waals surface area contributed by atoms with E-state index in [1.165, 1.54) is 0 Å². The van der Waals surface area contributed by atoms with Crippen molar-refractivity contribution in [3.05, 3.63) is 41.4 Å². The van der Waals surface area contributed by atoms with Crippen molar-refractivity contribution < 1.29 is 19.1 Å². The molecule has 4 atom stereocenters. The monoisotopic (exact) mass is 361 g/mol. The van der Waals surface area contributed by atoms with Crippen molar-refractivity contribution in [3.8, 4) is 0 Å². The highest BCUT2D eigenvalue weighted by molar-refractivity contribution is 6.31. The fraction of sp³-hybridized carbons (Fsp3) is 0.474. The fourth-order valence-electron chi connectivity index (χ4n) is 4.04. The molecular formula is C19H20ClNO4. The number of halogens is 1. The number of ether oxygens (including phenoxy) is 2. The summed E-state index contributed by atoms with van der Waals surface area (Å²) in [4.78, 5) is 27.3. The van der Waals surface area contributed by atoms with Crippen LogP contribution in [0, 0.1) is 11.8 Å². The van der Waals surface area contributed by atoms with E-state index in [1.807, 2.05) is 25.1 Å². The summed E-state index contributed by atoms with van der Waals surface area (Å²) in [6, 6.07) is 7.16. The lowest BCUT2D eigenvalue weighted by Crippen LogP contribution is -2.40. The van der Waals surface area contributed by atoms with Crippen LogP contribution in [0.1, 0.15) is 19.8 Å². The van der Waals surface area contributed by atoms with E-state index in [0.717, 1.165) is 18.5 Å². The molecule has 3 heterocycles. The number of rotatable bonds is 5. The van der Waals surface area contributed by atoms with Crippen LogP contribution in [0.3, 0.4) is 0 Å². The number of unbranched alkanes of at least 4 members (excludes halogenated alkanes) is 1. The van der Waals surface area contributed by atoms with Gasteiger partial charge in [-0.2, -0.15) is 0 Å². The Morgan fingerprint density at radius 3 is 3.08 bits per heavy atom. The number of hydrogen-bond acceptors (Lipinski definition) is 4. The molecule has 0 saturated carbocycles. The number of fused-ring (bicyclic) bond motifs is 1. The molecule has 0 aliphatic carbocycles. The molecule has 2 bridgehead atoms. The highest BCUT2D eigenvalue weighted by Gasteiger charge is 2.67. The Hall–Kier alpha value is -1.85. The van der Waals surface area contributed by atoms with Gasteiger partial charge in [-0.25, -0.2) is 0 Å². The van der Waals surface area contributed by atoms with Crippen LogP contribution in [-0.4, -0.2) is 36.7 Å². The van der Waals surface area contributed by atoms with E-state index in [1.54, 1.807) is 23.1 Å². The Morgan fingerprint density at radius 1 is 1.48 bits per heavy atom.